The molecule has 2 aromatic carbocycles. The van der Waals surface area contributed by atoms with E-state index in [0.29, 0.717) is 22.9 Å². The second kappa shape index (κ2) is 7.27. The lowest BCUT2D eigenvalue weighted by Crippen LogP contribution is -2.30. The topological polar surface area (TPSA) is 101 Å². The molecule has 7 nitrogen and oxygen atoms in total. The van der Waals surface area contributed by atoms with E-state index in [0.717, 1.165) is 5.56 Å². The SMILES string of the molecule is C[C@H](Oc1ccc(-c2nnco2)cc1)C(=O)Nc1cccc(C#N)c1. The quantitative estimate of drug-likeness (QED) is 0.769. The Morgan fingerprint density at radius 1 is 1.28 bits per heavy atom. The molecule has 1 N–H and O–H groups in total. The van der Waals surface area contributed by atoms with Crippen LogP contribution in [0.25, 0.3) is 11.5 Å². The standard InChI is InChI=1S/C18H14N4O3/c1-12(17(23)21-15-4-2-3-13(9-15)10-19)25-16-7-5-14(6-8-16)18-22-20-11-24-18/h2-9,11-12H,1H3,(H,21,23)/t12-/m0/s1. The number of nitriles is 1. The molecular formula is C18H14N4O3. The van der Waals surface area contributed by atoms with Gasteiger partial charge in [0, 0.05) is 11.3 Å². The number of benzene rings is 2. The van der Waals surface area contributed by atoms with Crippen molar-refractivity contribution >= 4 is 11.6 Å². The molecule has 1 atom stereocenters. The van der Waals surface area contributed by atoms with E-state index in [1.54, 1.807) is 55.5 Å². The number of ether oxygens (including phenoxy) is 1. The molecule has 0 saturated carbocycles. The van der Waals surface area contributed by atoms with Gasteiger partial charge in [0.25, 0.3) is 5.91 Å². The lowest BCUT2D eigenvalue weighted by atomic mass is 10.2. The minimum absolute atomic E-state index is 0.309. The average molecular weight is 334 g/mol. The van der Waals surface area contributed by atoms with Crippen molar-refractivity contribution in [1.82, 2.24) is 10.2 Å². The number of hydrogen-bond donors (Lipinski definition) is 1. The van der Waals surface area contributed by atoms with Crippen molar-refractivity contribution in [2.24, 2.45) is 0 Å². The maximum absolute atomic E-state index is 12.2. The van der Waals surface area contributed by atoms with Gasteiger partial charge in [-0.25, -0.2) is 0 Å². The maximum Gasteiger partial charge on any atom is 0.265 e. The number of rotatable bonds is 5. The van der Waals surface area contributed by atoms with Gasteiger partial charge < -0.3 is 14.5 Å². The molecule has 25 heavy (non-hydrogen) atoms. The Bertz CT molecular complexity index is 899. The molecule has 1 amide bonds. The summed E-state index contributed by atoms with van der Waals surface area (Å²) in [6.07, 6.45) is 0.549. The van der Waals surface area contributed by atoms with Crippen LogP contribution in [0.1, 0.15) is 12.5 Å². The van der Waals surface area contributed by atoms with Gasteiger partial charge in [-0.3, -0.25) is 4.79 Å². The second-order valence-electron chi connectivity index (χ2n) is 5.21. The van der Waals surface area contributed by atoms with E-state index in [1.165, 1.54) is 6.39 Å². The first kappa shape index (κ1) is 16.2. The van der Waals surface area contributed by atoms with Gasteiger partial charge in [0.1, 0.15) is 5.75 Å². The Hall–Kier alpha value is -3.66. The van der Waals surface area contributed by atoms with Crippen molar-refractivity contribution in [1.29, 1.82) is 5.26 Å². The van der Waals surface area contributed by atoms with E-state index in [4.69, 9.17) is 14.4 Å². The van der Waals surface area contributed by atoms with E-state index in [9.17, 15) is 4.79 Å². The van der Waals surface area contributed by atoms with Crippen LogP contribution in [0.15, 0.2) is 59.3 Å². The largest absolute Gasteiger partial charge is 0.481 e. The number of amides is 1. The van der Waals surface area contributed by atoms with Crippen LogP contribution in [0.4, 0.5) is 5.69 Å². The zero-order chi connectivity index (χ0) is 17.6. The smallest absolute Gasteiger partial charge is 0.265 e. The van der Waals surface area contributed by atoms with Crippen molar-refractivity contribution in [2.75, 3.05) is 5.32 Å². The molecule has 0 saturated heterocycles. The number of anilines is 1. The molecule has 0 unspecified atom stereocenters. The molecule has 0 radical (unpaired) electrons. The van der Waals surface area contributed by atoms with E-state index in [2.05, 4.69) is 15.5 Å². The molecular weight excluding hydrogens is 320 g/mol. The Kier molecular flexibility index (Phi) is 4.72. The fourth-order valence-corrected chi connectivity index (χ4v) is 2.14. The summed E-state index contributed by atoms with van der Waals surface area (Å²) in [7, 11) is 0. The summed E-state index contributed by atoms with van der Waals surface area (Å²) in [6.45, 7) is 1.65. The second-order valence-corrected chi connectivity index (χ2v) is 5.21. The highest BCUT2D eigenvalue weighted by molar-refractivity contribution is 5.94. The summed E-state index contributed by atoms with van der Waals surface area (Å²) in [5.74, 6) is 0.641. The first-order chi connectivity index (χ1) is 12.2. The summed E-state index contributed by atoms with van der Waals surface area (Å²) in [6, 6.07) is 15.7. The fourth-order valence-electron chi connectivity index (χ4n) is 2.14. The molecule has 0 aliphatic rings. The Balaban J connectivity index is 1.62. The van der Waals surface area contributed by atoms with E-state index >= 15 is 0 Å². The van der Waals surface area contributed by atoms with Crippen LogP contribution in [-0.2, 0) is 4.79 Å². The van der Waals surface area contributed by atoms with Crippen LogP contribution in [0.5, 0.6) is 5.75 Å². The number of nitrogens with one attached hydrogen (secondary N) is 1. The van der Waals surface area contributed by atoms with Gasteiger partial charge in [0.05, 0.1) is 11.6 Å². The number of carbonyl (C=O) groups excluding carboxylic acids is 1. The monoisotopic (exact) mass is 334 g/mol. The molecule has 0 bridgehead atoms. The predicted octanol–water partition coefficient (Wildman–Crippen LogP) is 3.01. The highest BCUT2D eigenvalue weighted by Crippen LogP contribution is 2.21. The highest BCUT2D eigenvalue weighted by Gasteiger charge is 2.15. The molecule has 3 rings (SSSR count). The third-order valence-corrected chi connectivity index (χ3v) is 3.40. The van der Waals surface area contributed by atoms with Crippen molar-refractivity contribution in [3.8, 4) is 23.3 Å². The van der Waals surface area contributed by atoms with Crippen molar-refractivity contribution in [3.05, 3.63) is 60.5 Å². The van der Waals surface area contributed by atoms with Gasteiger partial charge in [-0.05, 0) is 49.4 Å². The molecule has 124 valence electrons. The molecule has 7 heteroatoms. The molecule has 1 aromatic heterocycles. The van der Waals surface area contributed by atoms with Gasteiger partial charge >= 0.3 is 0 Å². The first-order valence-corrected chi connectivity index (χ1v) is 7.50. The molecule has 0 fully saturated rings. The minimum Gasteiger partial charge on any atom is -0.481 e. The summed E-state index contributed by atoms with van der Waals surface area (Å²) in [4.78, 5) is 12.2. The average Bonchev–Trinajstić information content (AvgIpc) is 3.17. The third-order valence-electron chi connectivity index (χ3n) is 3.40. The Morgan fingerprint density at radius 2 is 2.08 bits per heavy atom. The summed E-state index contributed by atoms with van der Waals surface area (Å²) >= 11 is 0. The Morgan fingerprint density at radius 3 is 2.76 bits per heavy atom. The van der Waals surface area contributed by atoms with Gasteiger partial charge in [-0.15, -0.1) is 10.2 Å². The minimum atomic E-state index is -0.708. The molecule has 1 heterocycles. The normalized spacial score (nSPS) is 11.4. The van der Waals surface area contributed by atoms with Crippen LogP contribution in [-0.4, -0.2) is 22.2 Å². The van der Waals surface area contributed by atoms with E-state index < -0.39 is 6.10 Å². The van der Waals surface area contributed by atoms with Crippen molar-refractivity contribution in [3.63, 3.8) is 0 Å². The first-order valence-electron chi connectivity index (χ1n) is 7.50. The van der Waals surface area contributed by atoms with Gasteiger partial charge in [0.2, 0.25) is 12.3 Å². The highest BCUT2D eigenvalue weighted by atomic mass is 16.5. The lowest BCUT2D eigenvalue weighted by Gasteiger charge is -2.15. The van der Waals surface area contributed by atoms with Crippen LogP contribution >= 0.6 is 0 Å². The molecule has 3 aromatic rings. The summed E-state index contributed by atoms with van der Waals surface area (Å²) in [5, 5.41) is 19.1. The van der Waals surface area contributed by atoms with Crippen LogP contribution in [0.2, 0.25) is 0 Å². The van der Waals surface area contributed by atoms with Crippen molar-refractivity contribution in [2.45, 2.75) is 13.0 Å². The van der Waals surface area contributed by atoms with Crippen LogP contribution < -0.4 is 10.1 Å². The third kappa shape index (κ3) is 4.00. The van der Waals surface area contributed by atoms with Gasteiger partial charge in [0.15, 0.2) is 6.10 Å². The maximum atomic E-state index is 12.2. The zero-order valence-corrected chi connectivity index (χ0v) is 13.3. The number of carbonyl (C=O) groups is 1. The molecule has 0 aliphatic heterocycles. The van der Waals surface area contributed by atoms with Gasteiger partial charge in [-0.2, -0.15) is 5.26 Å². The summed E-state index contributed by atoms with van der Waals surface area (Å²) in [5.41, 5.74) is 1.78. The lowest BCUT2D eigenvalue weighted by molar-refractivity contribution is -0.122. The van der Waals surface area contributed by atoms with Gasteiger partial charge in [-0.1, -0.05) is 6.07 Å². The van der Waals surface area contributed by atoms with E-state index in [-0.39, 0.29) is 5.91 Å². The van der Waals surface area contributed by atoms with E-state index in [1.807, 2.05) is 6.07 Å². The summed E-state index contributed by atoms with van der Waals surface area (Å²) < 4.78 is 10.7. The zero-order valence-electron chi connectivity index (χ0n) is 13.3. The fraction of sp³-hybridized carbons (Fsp3) is 0.111. The van der Waals surface area contributed by atoms with Crippen molar-refractivity contribution < 1.29 is 13.9 Å². The van der Waals surface area contributed by atoms with Crippen LogP contribution in [0.3, 0.4) is 0 Å². The molecule has 0 spiro atoms. The molecule has 0 aliphatic carbocycles. The van der Waals surface area contributed by atoms with Crippen LogP contribution in [0, 0.1) is 11.3 Å². The number of aromatic nitrogens is 2. The Labute approximate surface area is 143 Å². The number of hydrogen-bond acceptors (Lipinski definition) is 6. The predicted molar refractivity (Wildman–Crippen MR) is 89.6 cm³/mol. The number of nitrogens with zero attached hydrogens (tertiary/aromatic N) is 3.